The lowest BCUT2D eigenvalue weighted by molar-refractivity contribution is 0.582. The predicted molar refractivity (Wildman–Crippen MR) is 75.3 cm³/mol. The van der Waals surface area contributed by atoms with E-state index in [2.05, 4.69) is 85.0 Å². The standard InChI is InChI=1S/C11H14I2/c1-7-5-6-8(12)10(13)9(7)11(2,3)4/h5-6H,1-4H3. The quantitative estimate of drug-likeness (QED) is 0.563. The first-order chi connectivity index (χ1) is 5.84. The maximum absolute atomic E-state index is 2.45. The van der Waals surface area contributed by atoms with Crippen molar-refractivity contribution >= 4 is 45.2 Å². The van der Waals surface area contributed by atoms with Gasteiger partial charge in [0.05, 0.1) is 0 Å². The molecule has 0 heterocycles. The lowest BCUT2D eigenvalue weighted by Crippen LogP contribution is -2.15. The number of aryl methyl sites for hydroxylation is 1. The van der Waals surface area contributed by atoms with E-state index in [9.17, 15) is 0 Å². The Labute approximate surface area is 108 Å². The molecule has 0 aliphatic carbocycles. The number of benzene rings is 1. The average Bonchev–Trinajstić information content (AvgIpc) is 1.95. The highest BCUT2D eigenvalue weighted by molar-refractivity contribution is 14.1. The highest BCUT2D eigenvalue weighted by atomic mass is 127. The van der Waals surface area contributed by atoms with Crippen molar-refractivity contribution in [1.29, 1.82) is 0 Å². The molecule has 0 aromatic heterocycles. The van der Waals surface area contributed by atoms with Crippen molar-refractivity contribution in [3.05, 3.63) is 30.4 Å². The molecule has 0 fully saturated rings. The smallest absolute Gasteiger partial charge is 0.0303 e. The Morgan fingerprint density at radius 3 is 2.00 bits per heavy atom. The van der Waals surface area contributed by atoms with E-state index in [0.717, 1.165) is 0 Å². The third-order valence-corrected chi connectivity index (χ3v) is 5.10. The van der Waals surface area contributed by atoms with E-state index in [0.29, 0.717) is 0 Å². The minimum Gasteiger partial charge on any atom is -0.0579 e. The Morgan fingerprint density at radius 2 is 1.62 bits per heavy atom. The molecule has 0 saturated carbocycles. The zero-order valence-electron chi connectivity index (χ0n) is 8.41. The van der Waals surface area contributed by atoms with E-state index >= 15 is 0 Å². The third kappa shape index (κ3) is 2.58. The molecule has 0 nitrogen and oxygen atoms in total. The summed E-state index contributed by atoms with van der Waals surface area (Å²) in [5.74, 6) is 0. The van der Waals surface area contributed by atoms with Crippen LogP contribution in [0.15, 0.2) is 12.1 Å². The van der Waals surface area contributed by atoms with Crippen LogP contribution in [-0.2, 0) is 5.41 Å². The molecular formula is C11H14I2. The summed E-state index contributed by atoms with van der Waals surface area (Å²) in [6.45, 7) is 9.01. The Balaban J connectivity index is 3.43. The summed E-state index contributed by atoms with van der Waals surface area (Å²) in [7, 11) is 0. The molecule has 0 bridgehead atoms. The second-order valence-corrected chi connectivity index (χ2v) is 6.54. The van der Waals surface area contributed by atoms with Gasteiger partial charge in [-0.3, -0.25) is 0 Å². The van der Waals surface area contributed by atoms with Gasteiger partial charge in [-0.05, 0) is 74.7 Å². The summed E-state index contributed by atoms with van der Waals surface area (Å²) in [6, 6.07) is 4.40. The minimum atomic E-state index is 0.252. The predicted octanol–water partition coefficient (Wildman–Crippen LogP) is 4.50. The summed E-state index contributed by atoms with van der Waals surface area (Å²) in [4.78, 5) is 0. The monoisotopic (exact) mass is 400 g/mol. The normalized spacial score (nSPS) is 11.8. The zero-order chi connectivity index (χ0) is 10.2. The summed E-state index contributed by atoms with van der Waals surface area (Å²) >= 11 is 4.85. The van der Waals surface area contributed by atoms with E-state index in [-0.39, 0.29) is 5.41 Å². The lowest BCUT2D eigenvalue weighted by Gasteiger charge is -2.24. The highest BCUT2D eigenvalue weighted by Crippen LogP contribution is 2.32. The Bertz CT molecular complexity index is 322. The molecule has 1 rings (SSSR count). The fraction of sp³-hybridized carbons (Fsp3) is 0.455. The van der Waals surface area contributed by atoms with Crippen LogP contribution < -0.4 is 0 Å². The molecule has 0 N–H and O–H groups in total. The van der Waals surface area contributed by atoms with Gasteiger partial charge in [-0.25, -0.2) is 0 Å². The van der Waals surface area contributed by atoms with E-state index in [1.165, 1.54) is 18.3 Å². The fourth-order valence-electron chi connectivity index (χ4n) is 1.57. The van der Waals surface area contributed by atoms with Gasteiger partial charge in [0.1, 0.15) is 0 Å². The van der Waals surface area contributed by atoms with Crippen LogP contribution in [0.1, 0.15) is 31.9 Å². The van der Waals surface area contributed by atoms with Crippen LogP contribution in [-0.4, -0.2) is 0 Å². The number of hydrogen-bond acceptors (Lipinski definition) is 0. The molecule has 0 aliphatic heterocycles. The van der Waals surface area contributed by atoms with Gasteiger partial charge >= 0.3 is 0 Å². The Morgan fingerprint density at radius 1 is 1.08 bits per heavy atom. The molecule has 0 atom stereocenters. The van der Waals surface area contributed by atoms with Crippen LogP contribution in [0.5, 0.6) is 0 Å². The topological polar surface area (TPSA) is 0 Å². The molecule has 1 aromatic carbocycles. The molecule has 0 saturated heterocycles. The fourth-order valence-corrected chi connectivity index (χ4v) is 3.43. The Kier molecular flexibility index (Phi) is 3.66. The summed E-state index contributed by atoms with van der Waals surface area (Å²) in [5, 5.41) is 0. The van der Waals surface area contributed by atoms with Crippen LogP contribution in [0.3, 0.4) is 0 Å². The van der Waals surface area contributed by atoms with Crippen LogP contribution in [0.4, 0.5) is 0 Å². The van der Waals surface area contributed by atoms with E-state index in [1.54, 1.807) is 0 Å². The van der Waals surface area contributed by atoms with Crippen molar-refractivity contribution in [2.75, 3.05) is 0 Å². The first-order valence-corrected chi connectivity index (χ1v) is 6.45. The van der Waals surface area contributed by atoms with Gasteiger partial charge in [0.2, 0.25) is 0 Å². The van der Waals surface area contributed by atoms with Gasteiger partial charge in [0, 0.05) is 7.14 Å². The first-order valence-electron chi connectivity index (χ1n) is 4.29. The van der Waals surface area contributed by atoms with Gasteiger partial charge in [-0.15, -0.1) is 0 Å². The van der Waals surface area contributed by atoms with Crippen molar-refractivity contribution in [3.8, 4) is 0 Å². The maximum Gasteiger partial charge on any atom is 0.0303 e. The largest absolute Gasteiger partial charge is 0.0579 e. The lowest BCUT2D eigenvalue weighted by atomic mass is 9.84. The number of halogens is 2. The molecule has 0 amide bonds. The van der Waals surface area contributed by atoms with Crippen molar-refractivity contribution in [2.45, 2.75) is 33.1 Å². The van der Waals surface area contributed by atoms with Crippen molar-refractivity contribution in [3.63, 3.8) is 0 Å². The summed E-state index contributed by atoms with van der Waals surface area (Å²) in [5.41, 5.74) is 3.14. The van der Waals surface area contributed by atoms with Crippen LogP contribution >= 0.6 is 45.2 Å². The van der Waals surface area contributed by atoms with E-state index in [4.69, 9.17) is 0 Å². The van der Waals surface area contributed by atoms with Crippen molar-refractivity contribution in [1.82, 2.24) is 0 Å². The molecule has 72 valence electrons. The van der Waals surface area contributed by atoms with Gasteiger partial charge in [0.25, 0.3) is 0 Å². The van der Waals surface area contributed by atoms with Crippen LogP contribution in [0.2, 0.25) is 0 Å². The SMILES string of the molecule is Cc1ccc(I)c(I)c1C(C)(C)C. The summed E-state index contributed by atoms with van der Waals surface area (Å²) in [6.07, 6.45) is 0. The molecule has 0 unspecified atom stereocenters. The first kappa shape index (κ1) is 11.8. The average molecular weight is 400 g/mol. The third-order valence-electron chi connectivity index (χ3n) is 2.05. The van der Waals surface area contributed by atoms with E-state index < -0.39 is 0 Å². The summed E-state index contributed by atoms with van der Waals surface area (Å²) < 4.78 is 2.76. The molecule has 13 heavy (non-hydrogen) atoms. The maximum atomic E-state index is 2.45. The second-order valence-electron chi connectivity index (χ2n) is 4.30. The number of rotatable bonds is 0. The zero-order valence-corrected chi connectivity index (χ0v) is 12.7. The minimum absolute atomic E-state index is 0.252. The van der Waals surface area contributed by atoms with Crippen molar-refractivity contribution < 1.29 is 0 Å². The molecule has 0 radical (unpaired) electrons. The number of hydrogen-bond donors (Lipinski definition) is 0. The van der Waals surface area contributed by atoms with Crippen LogP contribution in [0.25, 0.3) is 0 Å². The Hall–Kier alpha value is 0.680. The van der Waals surface area contributed by atoms with Gasteiger partial charge in [0.15, 0.2) is 0 Å². The van der Waals surface area contributed by atoms with E-state index in [1.807, 2.05) is 0 Å². The van der Waals surface area contributed by atoms with Crippen LogP contribution in [0, 0.1) is 14.1 Å². The van der Waals surface area contributed by atoms with Gasteiger partial charge in [-0.1, -0.05) is 26.8 Å². The molecule has 0 spiro atoms. The molecule has 2 heteroatoms. The second kappa shape index (κ2) is 4.04. The molecule has 1 aromatic rings. The molecule has 0 aliphatic rings. The van der Waals surface area contributed by atoms with Gasteiger partial charge in [-0.2, -0.15) is 0 Å². The highest BCUT2D eigenvalue weighted by Gasteiger charge is 2.20. The van der Waals surface area contributed by atoms with Gasteiger partial charge < -0.3 is 0 Å². The van der Waals surface area contributed by atoms with Crippen molar-refractivity contribution in [2.24, 2.45) is 0 Å². The molecular weight excluding hydrogens is 386 g/mol.